The minimum atomic E-state index is 0.348. The van der Waals surface area contributed by atoms with Gasteiger partial charge in [-0.1, -0.05) is 0 Å². The maximum absolute atomic E-state index is 5.54. The maximum Gasteiger partial charge on any atom is 0.176 e. The molecule has 0 aliphatic rings. The summed E-state index contributed by atoms with van der Waals surface area (Å²) in [5.41, 5.74) is 6.26. The van der Waals surface area contributed by atoms with Gasteiger partial charge in [0, 0.05) is 25.1 Å². The molecule has 6 heteroatoms. The quantitative estimate of drug-likeness (QED) is 0.863. The average Bonchev–Trinajstić information content (AvgIpc) is 2.65. The SMILES string of the molecule is NCc1nccnc1-n1cc(Br)cn1. The highest BCUT2D eigenvalue weighted by atomic mass is 79.9. The van der Waals surface area contributed by atoms with Gasteiger partial charge in [0.25, 0.3) is 0 Å². The van der Waals surface area contributed by atoms with Crippen molar-refractivity contribution in [2.75, 3.05) is 0 Å². The van der Waals surface area contributed by atoms with E-state index in [-0.39, 0.29) is 0 Å². The second-order valence-electron chi connectivity index (χ2n) is 2.63. The van der Waals surface area contributed by atoms with Crippen LogP contribution in [0.2, 0.25) is 0 Å². The first-order chi connectivity index (χ1) is 6.81. The van der Waals surface area contributed by atoms with E-state index in [0.29, 0.717) is 12.4 Å². The van der Waals surface area contributed by atoms with E-state index < -0.39 is 0 Å². The van der Waals surface area contributed by atoms with Gasteiger partial charge < -0.3 is 5.73 Å². The van der Waals surface area contributed by atoms with Crippen molar-refractivity contribution >= 4 is 15.9 Å². The van der Waals surface area contributed by atoms with E-state index in [1.165, 1.54) is 0 Å². The van der Waals surface area contributed by atoms with Crippen LogP contribution in [0.15, 0.2) is 29.3 Å². The van der Waals surface area contributed by atoms with Gasteiger partial charge in [-0.25, -0.2) is 9.67 Å². The largest absolute Gasteiger partial charge is 0.325 e. The lowest BCUT2D eigenvalue weighted by molar-refractivity contribution is 0.802. The van der Waals surface area contributed by atoms with Crippen LogP contribution in [0.1, 0.15) is 5.69 Å². The Morgan fingerprint density at radius 3 is 2.79 bits per heavy atom. The number of hydrogen-bond acceptors (Lipinski definition) is 4. The first kappa shape index (κ1) is 9.29. The lowest BCUT2D eigenvalue weighted by atomic mass is 10.4. The first-order valence-corrected chi connectivity index (χ1v) is 4.81. The van der Waals surface area contributed by atoms with Gasteiger partial charge in [0.05, 0.1) is 16.4 Å². The van der Waals surface area contributed by atoms with E-state index in [9.17, 15) is 0 Å². The van der Waals surface area contributed by atoms with Gasteiger partial charge in [-0.3, -0.25) is 4.98 Å². The van der Waals surface area contributed by atoms with Crippen LogP contribution in [0.4, 0.5) is 0 Å². The van der Waals surface area contributed by atoms with Gasteiger partial charge in [0.15, 0.2) is 5.82 Å². The minimum Gasteiger partial charge on any atom is -0.325 e. The van der Waals surface area contributed by atoms with Gasteiger partial charge >= 0.3 is 0 Å². The summed E-state index contributed by atoms with van der Waals surface area (Å²) in [6.45, 7) is 0.348. The monoisotopic (exact) mass is 253 g/mol. The predicted molar refractivity (Wildman–Crippen MR) is 54.7 cm³/mol. The molecule has 2 rings (SSSR count). The van der Waals surface area contributed by atoms with Crippen molar-refractivity contribution in [3.05, 3.63) is 35.0 Å². The van der Waals surface area contributed by atoms with Crippen LogP contribution in [0.25, 0.3) is 5.82 Å². The van der Waals surface area contributed by atoms with E-state index in [0.717, 1.165) is 10.2 Å². The highest BCUT2D eigenvalue weighted by molar-refractivity contribution is 9.10. The van der Waals surface area contributed by atoms with Gasteiger partial charge in [-0.05, 0) is 15.9 Å². The lowest BCUT2D eigenvalue weighted by Gasteiger charge is -2.03. The molecule has 0 radical (unpaired) electrons. The fourth-order valence-electron chi connectivity index (χ4n) is 1.11. The lowest BCUT2D eigenvalue weighted by Crippen LogP contribution is -2.08. The summed E-state index contributed by atoms with van der Waals surface area (Å²) in [7, 11) is 0. The van der Waals surface area contributed by atoms with Crippen LogP contribution in [-0.2, 0) is 6.54 Å². The molecule has 0 aromatic carbocycles. The predicted octanol–water partition coefficient (Wildman–Crippen LogP) is 0.883. The Bertz CT molecular complexity index is 439. The number of hydrogen-bond donors (Lipinski definition) is 1. The number of nitrogens with two attached hydrogens (primary N) is 1. The molecule has 0 aliphatic heterocycles. The summed E-state index contributed by atoms with van der Waals surface area (Å²) in [5.74, 6) is 0.667. The Morgan fingerprint density at radius 2 is 2.14 bits per heavy atom. The zero-order valence-electron chi connectivity index (χ0n) is 7.26. The molecule has 0 fully saturated rings. The van der Waals surface area contributed by atoms with E-state index >= 15 is 0 Å². The van der Waals surface area contributed by atoms with E-state index in [4.69, 9.17) is 5.73 Å². The van der Waals surface area contributed by atoms with Gasteiger partial charge in [0.2, 0.25) is 0 Å². The van der Waals surface area contributed by atoms with Crippen molar-refractivity contribution in [3.8, 4) is 5.82 Å². The second-order valence-corrected chi connectivity index (χ2v) is 3.55. The summed E-state index contributed by atoms with van der Waals surface area (Å²) >= 11 is 3.31. The second kappa shape index (κ2) is 3.85. The molecule has 0 amide bonds. The molecule has 0 atom stereocenters. The van der Waals surface area contributed by atoms with Crippen molar-refractivity contribution in [1.29, 1.82) is 0 Å². The summed E-state index contributed by atoms with van der Waals surface area (Å²) in [4.78, 5) is 8.29. The molecule has 5 nitrogen and oxygen atoms in total. The third-order valence-electron chi connectivity index (χ3n) is 1.71. The fourth-order valence-corrected chi connectivity index (χ4v) is 1.40. The molecular formula is C8H8BrN5. The Morgan fingerprint density at radius 1 is 1.36 bits per heavy atom. The number of halogens is 1. The van der Waals surface area contributed by atoms with Crippen molar-refractivity contribution in [2.24, 2.45) is 5.73 Å². The molecule has 2 N–H and O–H groups in total. The molecule has 0 aliphatic carbocycles. The maximum atomic E-state index is 5.54. The standard InChI is InChI=1S/C8H8BrN5/c9-6-4-13-14(5-6)8-7(3-10)11-1-2-12-8/h1-2,4-5H,3,10H2. The highest BCUT2D eigenvalue weighted by Gasteiger charge is 2.06. The minimum absolute atomic E-state index is 0.348. The molecular weight excluding hydrogens is 246 g/mol. The zero-order valence-corrected chi connectivity index (χ0v) is 8.85. The van der Waals surface area contributed by atoms with Crippen LogP contribution in [0.5, 0.6) is 0 Å². The Balaban J connectivity index is 2.50. The molecule has 0 unspecified atom stereocenters. The van der Waals surface area contributed by atoms with Gasteiger partial charge in [-0.2, -0.15) is 5.10 Å². The van der Waals surface area contributed by atoms with Crippen molar-refractivity contribution in [1.82, 2.24) is 19.7 Å². The molecule has 2 aromatic heterocycles. The normalized spacial score (nSPS) is 10.4. The third-order valence-corrected chi connectivity index (χ3v) is 2.12. The fraction of sp³-hybridized carbons (Fsp3) is 0.125. The van der Waals surface area contributed by atoms with Crippen LogP contribution in [-0.4, -0.2) is 19.7 Å². The van der Waals surface area contributed by atoms with Crippen LogP contribution in [0, 0.1) is 0 Å². The van der Waals surface area contributed by atoms with Gasteiger partial charge in [0.1, 0.15) is 0 Å². The Hall–Kier alpha value is -1.27. The molecule has 0 bridgehead atoms. The molecule has 14 heavy (non-hydrogen) atoms. The molecule has 0 saturated heterocycles. The van der Waals surface area contributed by atoms with E-state index in [1.54, 1.807) is 23.3 Å². The van der Waals surface area contributed by atoms with E-state index in [1.807, 2.05) is 6.20 Å². The van der Waals surface area contributed by atoms with Crippen molar-refractivity contribution in [3.63, 3.8) is 0 Å². The summed E-state index contributed by atoms with van der Waals surface area (Å²) < 4.78 is 2.53. The van der Waals surface area contributed by atoms with Crippen LogP contribution in [0.3, 0.4) is 0 Å². The molecule has 72 valence electrons. The number of aromatic nitrogens is 4. The van der Waals surface area contributed by atoms with Crippen molar-refractivity contribution < 1.29 is 0 Å². The Kier molecular flexibility index (Phi) is 2.55. The molecule has 0 saturated carbocycles. The van der Waals surface area contributed by atoms with Crippen LogP contribution < -0.4 is 5.73 Å². The first-order valence-electron chi connectivity index (χ1n) is 4.02. The summed E-state index contributed by atoms with van der Waals surface area (Å²) in [6, 6.07) is 0. The summed E-state index contributed by atoms with van der Waals surface area (Å²) in [5, 5.41) is 4.11. The Labute approximate surface area is 89.1 Å². The van der Waals surface area contributed by atoms with Crippen LogP contribution >= 0.6 is 15.9 Å². The average molecular weight is 254 g/mol. The van der Waals surface area contributed by atoms with Gasteiger partial charge in [-0.15, -0.1) is 0 Å². The van der Waals surface area contributed by atoms with E-state index in [2.05, 4.69) is 31.0 Å². The highest BCUT2D eigenvalue weighted by Crippen LogP contribution is 2.12. The number of nitrogens with zero attached hydrogens (tertiary/aromatic N) is 4. The molecule has 0 spiro atoms. The van der Waals surface area contributed by atoms with Crippen molar-refractivity contribution in [2.45, 2.75) is 6.54 Å². The molecule has 2 aromatic rings. The molecule has 2 heterocycles. The topological polar surface area (TPSA) is 69.6 Å². The third kappa shape index (κ3) is 1.66. The number of rotatable bonds is 2. The smallest absolute Gasteiger partial charge is 0.176 e. The summed E-state index contributed by atoms with van der Waals surface area (Å²) in [6.07, 6.45) is 6.73. The zero-order chi connectivity index (χ0) is 9.97.